The van der Waals surface area contributed by atoms with Crippen molar-refractivity contribution in [1.82, 2.24) is 15.5 Å². The van der Waals surface area contributed by atoms with Gasteiger partial charge in [-0.1, -0.05) is 58.1 Å². The Balaban J connectivity index is 0. The number of rotatable bonds is 12. The van der Waals surface area contributed by atoms with Crippen molar-refractivity contribution >= 4 is 17.8 Å². The Morgan fingerprint density at radius 1 is 1.24 bits per heavy atom. The van der Waals surface area contributed by atoms with E-state index in [1.165, 1.54) is 12.8 Å². The zero-order valence-corrected chi connectivity index (χ0v) is 25.1. The number of hydrogen-bond donors (Lipinski definition) is 3. The van der Waals surface area contributed by atoms with Gasteiger partial charge in [0.25, 0.3) is 5.91 Å². The number of carbonyl (C=O) groups is 1. The molecule has 3 N–H and O–H groups in total. The molecule has 0 saturated heterocycles. The molecular weight excluding hydrogens is 470 g/mol. The van der Waals surface area contributed by atoms with Crippen LogP contribution in [-0.2, 0) is 4.79 Å². The Bertz CT molecular complexity index is 1040. The second-order valence-corrected chi connectivity index (χ2v) is 10.8. The molecule has 0 aliphatic heterocycles. The molecule has 2 aliphatic carbocycles. The van der Waals surface area contributed by atoms with Crippen LogP contribution in [0.1, 0.15) is 90.5 Å². The molecule has 3 rings (SSSR count). The highest BCUT2D eigenvalue weighted by Crippen LogP contribution is 2.28. The summed E-state index contributed by atoms with van der Waals surface area (Å²) in [7, 11) is 2.07. The van der Waals surface area contributed by atoms with E-state index in [1.807, 2.05) is 50.4 Å². The molecule has 2 aliphatic rings. The SMILES string of the molecule is CC.CCN(C)/C=C(/N=CC(C)N[C@@H](C)c1cccc(NC(=O)C2=CCC(C)(NC3CC3)C=C2)c1)C(C)C.[HH].[HH].[HH]. The average molecular weight is 528 g/mol. The Kier molecular flexibility index (Phi) is 12.5. The first-order chi connectivity index (χ1) is 18.1. The van der Waals surface area contributed by atoms with Gasteiger partial charge in [-0.3, -0.25) is 9.79 Å². The molecule has 0 heterocycles. The fraction of sp³-hybridized carbons (Fsp3) is 0.562. The molecule has 1 saturated carbocycles. The van der Waals surface area contributed by atoms with Gasteiger partial charge in [-0.15, -0.1) is 0 Å². The Morgan fingerprint density at radius 2 is 1.95 bits per heavy atom. The third kappa shape index (κ3) is 10.2. The van der Waals surface area contributed by atoms with Crippen molar-refractivity contribution in [3.05, 3.63) is 65.5 Å². The Morgan fingerprint density at radius 3 is 2.53 bits per heavy atom. The molecule has 38 heavy (non-hydrogen) atoms. The van der Waals surface area contributed by atoms with E-state index in [1.54, 1.807) is 0 Å². The van der Waals surface area contributed by atoms with Crippen molar-refractivity contribution in [3.63, 3.8) is 0 Å². The van der Waals surface area contributed by atoms with E-state index < -0.39 is 0 Å². The first-order valence-electron chi connectivity index (χ1n) is 14.4. The summed E-state index contributed by atoms with van der Waals surface area (Å²) in [4.78, 5) is 19.8. The topological polar surface area (TPSA) is 68.8 Å². The average Bonchev–Trinajstić information content (AvgIpc) is 3.71. The normalized spacial score (nSPS) is 21.0. The predicted molar refractivity (Wildman–Crippen MR) is 170 cm³/mol. The fourth-order valence-corrected chi connectivity index (χ4v) is 4.17. The van der Waals surface area contributed by atoms with Crippen LogP contribution in [0, 0.1) is 5.92 Å². The van der Waals surface area contributed by atoms with Gasteiger partial charge in [0.15, 0.2) is 0 Å². The third-order valence-electron chi connectivity index (χ3n) is 6.80. The number of amides is 1. The number of benzene rings is 1. The van der Waals surface area contributed by atoms with Crippen molar-refractivity contribution in [3.8, 4) is 0 Å². The predicted octanol–water partition coefficient (Wildman–Crippen LogP) is 7.35. The van der Waals surface area contributed by atoms with Gasteiger partial charge in [0.1, 0.15) is 0 Å². The van der Waals surface area contributed by atoms with E-state index >= 15 is 0 Å². The number of carbonyl (C=O) groups excluding carboxylic acids is 1. The van der Waals surface area contributed by atoms with E-state index in [-0.39, 0.29) is 27.8 Å². The molecule has 6 nitrogen and oxygen atoms in total. The van der Waals surface area contributed by atoms with Crippen LogP contribution in [0.4, 0.5) is 5.69 Å². The lowest BCUT2D eigenvalue weighted by Gasteiger charge is -2.29. The molecule has 0 spiro atoms. The van der Waals surface area contributed by atoms with Crippen LogP contribution in [0.5, 0.6) is 0 Å². The van der Waals surface area contributed by atoms with Crippen LogP contribution in [-0.4, -0.2) is 48.2 Å². The first kappa shape index (κ1) is 31.5. The number of anilines is 1. The van der Waals surface area contributed by atoms with Crippen molar-refractivity contribution in [2.45, 2.75) is 98.3 Å². The van der Waals surface area contributed by atoms with E-state index in [4.69, 9.17) is 4.99 Å². The maximum Gasteiger partial charge on any atom is 0.255 e. The van der Waals surface area contributed by atoms with Crippen LogP contribution in [0.15, 0.2) is 65.0 Å². The molecule has 216 valence electrons. The lowest BCUT2D eigenvalue weighted by atomic mass is 9.90. The second kappa shape index (κ2) is 15.0. The maximum absolute atomic E-state index is 12.9. The zero-order valence-electron chi connectivity index (χ0n) is 25.1. The monoisotopic (exact) mass is 527 g/mol. The van der Waals surface area contributed by atoms with Crippen molar-refractivity contribution in [2.75, 3.05) is 18.9 Å². The lowest BCUT2D eigenvalue weighted by Crippen LogP contribution is -2.42. The summed E-state index contributed by atoms with van der Waals surface area (Å²) >= 11 is 0. The van der Waals surface area contributed by atoms with Crippen molar-refractivity contribution in [2.24, 2.45) is 10.9 Å². The van der Waals surface area contributed by atoms with E-state index in [9.17, 15) is 4.79 Å². The van der Waals surface area contributed by atoms with Crippen LogP contribution in [0.25, 0.3) is 0 Å². The van der Waals surface area contributed by atoms with Gasteiger partial charge >= 0.3 is 0 Å². The molecule has 0 radical (unpaired) electrons. The quantitative estimate of drug-likeness (QED) is 0.249. The summed E-state index contributed by atoms with van der Waals surface area (Å²) in [5.74, 6) is 0.292. The van der Waals surface area contributed by atoms with Gasteiger partial charge in [-0.05, 0) is 70.6 Å². The number of hydrogen-bond acceptors (Lipinski definition) is 5. The summed E-state index contributed by atoms with van der Waals surface area (Å²) in [5.41, 5.74) is 3.66. The molecule has 1 fully saturated rings. The van der Waals surface area contributed by atoms with E-state index in [0.29, 0.717) is 17.5 Å². The largest absolute Gasteiger partial charge is 0.379 e. The molecule has 1 aromatic carbocycles. The lowest BCUT2D eigenvalue weighted by molar-refractivity contribution is -0.112. The smallest absolute Gasteiger partial charge is 0.255 e. The molecule has 2 unspecified atom stereocenters. The summed E-state index contributed by atoms with van der Waals surface area (Å²) < 4.78 is 0. The standard InChI is InChI=1S/C30H45N5O.C2H6.3H2/c1-8-35(7)20-28(21(2)3)31-19-22(4)32-23(5)25-10-9-11-27(18-25)33-29(36)24-14-16-30(6,17-15-24)34-26-12-13-26;1-2;;;/h9-11,14-16,18-23,26,32,34H,8,12-13,17H2,1-7H3,(H,33,36);1-2H3;3*1H/b28-20+,31-19?;;;;/t22?,23-,30?;;;;/m0..../s1. The molecular formula is C32H57N5O. The fourth-order valence-electron chi connectivity index (χ4n) is 4.17. The molecule has 1 aromatic rings. The minimum atomic E-state index is -0.0666. The third-order valence-corrected chi connectivity index (χ3v) is 6.80. The zero-order chi connectivity index (χ0) is 28.3. The van der Waals surface area contributed by atoms with E-state index in [2.05, 4.69) is 87.8 Å². The van der Waals surface area contributed by atoms with Crippen LogP contribution in [0.2, 0.25) is 0 Å². The van der Waals surface area contributed by atoms with E-state index in [0.717, 1.165) is 29.9 Å². The minimum absolute atomic E-state index is 0. The van der Waals surface area contributed by atoms with Crippen LogP contribution < -0.4 is 16.0 Å². The van der Waals surface area contributed by atoms with Gasteiger partial charge in [-0.25, -0.2) is 0 Å². The van der Waals surface area contributed by atoms with Crippen molar-refractivity contribution in [1.29, 1.82) is 0 Å². The maximum atomic E-state index is 12.9. The highest BCUT2D eigenvalue weighted by molar-refractivity contribution is 6.06. The Hall–Kier alpha value is -2.70. The van der Waals surface area contributed by atoms with Gasteiger partial charge < -0.3 is 20.9 Å². The van der Waals surface area contributed by atoms with Gasteiger partial charge in [0.05, 0.1) is 5.70 Å². The molecule has 0 aromatic heterocycles. The molecule has 3 atom stereocenters. The number of nitrogens with one attached hydrogen (secondary N) is 3. The highest BCUT2D eigenvalue weighted by Gasteiger charge is 2.31. The summed E-state index contributed by atoms with van der Waals surface area (Å²) in [6, 6.07) is 8.90. The van der Waals surface area contributed by atoms with Gasteiger partial charge in [0, 0.05) is 65.2 Å². The van der Waals surface area contributed by atoms with Crippen LogP contribution >= 0.6 is 0 Å². The van der Waals surface area contributed by atoms with Crippen LogP contribution in [0.3, 0.4) is 0 Å². The number of allylic oxidation sites excluding steroid dienone is 1. The van der Waals surface area contributed by atoms with Crippen molar-refractivity contribution < 1.29 is 9.07 Å². The number of nitrogens with zero attached hydrogens (tertiary/aromatic N) is 2. The van der Waals surface area contributed by atoms with Gasteiger partial charge in [-0.2, -0.15) is 0 Å². The summed E-state index contributed by atoms with van der Waals surface area (Å²) in [5, 5.41) is 10.3. The number of aliphatic imine (C=N–C) groups is 1. The molecule has 1 amide bonds. The molecule has 6 heteroatoms. The Labute approximate surface area is 236 Å². The highest BCUT2D eigenvalue weighted by atomic mass is 16.1. The summed E-state index contributed by atoms with van der Waals surface area (Å²) in [6.07, 6.45) is 13.5. The second-order valence-electron chi connectivity index (χ2n) is 10.8. The van der Waals surface area contributed by atoms with Gasteiger partial charge in [0.2, 0.25) is 0 Å². The minimum Gasteiger partial charge on any atom is -0.379 e. The summed E-state index contributed by atoms with van der Waals surface area (Å²) in [6.45, 7) is 17.9. The first-order valence-corrected chi connectivity index (χ1v) is 14.4. The molecule has 0 bridgehead atoms.